The van der Waals surface area contributed by atoms with Crippen molar-refractivity contribution in [2.24, 2.45) is 0 Å². The number of rotatable bonds is 3. The van der Waals surface area contributed by atoms with E-state index in [2.05, 4.69) is 9.97 Å². The van der Waals surface area contributed by atoms with E-state index in [0.29, 0.717) is 5.69 Å². The van der Waals surface area contributed by atoms with E-state index in [1.54, 1.807) is 18.6 Å². The van der Waals surface area contributed by atoms with Crippen LogP contribution in [0.2, 0.25) is 0 Å². The predicted octanol–water partition coefficient (Wildman–Crippen LogP) is 2.78. The summed E-state index contributed by atoms with van der Waals surface area (Å²) in [7, 11) is 0. The highest BCUT2D eigenvalue weighted by molar-refractivity contribution is 6.03. The molecule has 3 rings (SSSR count). The highest BCUT2D eigenvalue weighted by Crippen LogP contribution is 2.45. The molecular formula is C15H14N2O. The van der Waals surface area contributed by atoms with Crippen molar-refractivity contribution in [2.45, 2.75) is 24.7 Å². The molecule has 0 atom stereocenters. The first-order chi connectivity index (χ1) is 8.83. The zero-order valence-corrected chi connectivity index (χ0v) is 10.0. The lowest BCUT2D eigenvalue weighted by Crippen LogP contribution is -2.42. The predicted molar refractivity (Wildman–Crippen MR) is 68.3 cm³/mol. The topological polar surface area (TPSA) is 42.9 Å². The number of benzene rings is 1. The Balaban J connectivity index is 2.01. The van der Waals surface area contributed by atoms with Crippen molar-refractivity contribution >= 4 is 5.78 Å². The van der Waals surface area contributed by atoms with Crippen LogP contribution in [0.25, 0.3) is 0 Å². The maximum Gasteiger partial charge on any atom is 0.193 e. The largest absolute Gasteiger partial charge is 0.291 e. The lowest BCUT2D eigenvalue weighted by molar-refractivity contribution is 0.0783. The van der Waals surface area contributed by atoms with Gasteiger partial charge in [-0.15, -0.1) is 0 Å². The molecule has 3 heteroatoms. The SMILES string of the molecule is O=C(c1cnccn1)C1(c2ccccc2)CCC1. The summed E-state index contributed by atoms with van der Waals surface area (Å²) in [6, 6.07) is 10.0. The van der Waals surface area contributed by atoms with Gasteiger partial charge in [0.2, 0.25) is 0 Å². The molecule has 1 aromatic carbocycles. The summed E-state index contributed by atoms with van der Waals surface area (Å²) in [5.74, 6) is 0.105. The monoisotopic (exact) mass is 238 g/mol. The summed E-state index contributed by atoms with van der Waals surface area (Å²) in [6.45, 7) is 0. The Morgan fingerprint density at radius 3 is 2.44 bits per heavy atom. The Bertz CT molecular complexity index is 547. The molecule has 1 fully saturated rings. The summed E-state index contributed by atoms with van der Waals surface area (Å²) in [5, 5.41) is 0. The van der Waals surface area contributed by atoms with Crippen LogP contribution in [0, 0.1) is 0 Å². The zero-order chi connectivity index (χ0) is 12.4. The number of hydrogen-bond acceptors (Lipinski definition) is 3. The third kappa shape index (κ3) is 1.63. The minimum Gasteiger partial charge on any atom is -0.291 e. The summed E-state index contributed by atoms with van der Waals surface area (Å²) < 4.78 is 0. The van der Waals surface area contributed by atoms with Gasteiger partial charge in [-0.05, 0) is 18.4 Å². The molecule has 0 unspecified atom stereocenters. The average Bonchev–Trinajstić information content (AvgIpc) is 2.40. The van der Waals surface area contributed by atoms with Gasteiger partial charge >= 0.3 is 0 Å². The third-order valence-corrected chi connectivity index (χ3v) is 3.76. The second-order valence-corrected chi connectivity index (χ2v) is 4.72. The molecule has 0 N–H and O–H groups in total. The molecular weight excluding hydrogens is 224 g/mol. The van der Waals surface area contributed by atoms with Crippen LogP contribution in [0.3, 0.4) is 0 Å². The summed E-state index contributed by atoms with van der Waals surface area (Å²) in [6.07, 6.45) is 7.64. The minimum atomic E-state index is -0.364. The summed E-state index contributed by atoms with van der Waals surface area (Å²) >= 11 is 0. The number of carbonyl (C=O) groups excluding carboxylic acids is 1. The molecule has 1 saturated carbocycles. The van der Waals surface area contributed by atoms with E-state index < -0.39 is 0 Å². The standard InChI is InChI=1S/C15H14N2O/c18-14(13-11-16-9-10-17-13)15(7-4-8-15)12-5-2-1-3-6-12/h1-3,5-6,9-11H,4,7-8H2. The smallest absolute Gasteiger partial charge is 0.193 e. The van der Waals surface area contributed by atoms with Gasteiger partial charge in [-0.25, -0.2) is 4.98 Å². The lowest BCUT2D eigenvalue weighted by atomic mass is 9.61. The number of Topliss-reactive ketones (excluding diaryl/α,β-unsaturated/α-hetero) is 1. The molecule has 1 aliphatic rings. The van der Waals surface area contributed by atoms with Gasteiger partial charge < -0.3 is 0 Å². The normalized spacial score (nSPS) is 16.9. The van der Waals surface area contributed by atoms with Gasteiger partial charge in [-0.1, -0.05) is 36.8 Å². The van der Waals surface area contributed by atoms with Crippen LogP contribution in [-0.2, 0) is 5.41 Å². The number of ketones is 1. The Morgan fingerprint density at radius 2 is 1.89 bits per heavy atom. The van der Waals surface area contributed by atoms with E-state index in [1.165, 1.54) is 0 Å². The van der Waals surface area contributed by atoms with E-state index in [9.17, 15) is 4.79 Å². The quantitative estimate of drug-likeness (QED) is 0.772. The van der Waals surface area contributed by atoms with E-state index >= 15 is 0 Å². The Kier molecular flexibility index (Phi) is 2.67. The first-order valence-corrected chi connectivity index (χ1v) is 6.19. The van der Waals surface area contributed by atoms with Crippen molar-refractivity contribution in [3.05, 3.63) is 60.2 Å². The lowest BCUT2D eigenvalue weighted by Gasteiger charge is -2.40. The Hall–Kier alpha value is -2.03. The number of carbonyl (C=O) groups is 1. The Labute approximate surface area is 106 Å². The van der Waals surface area contributed by atoms with Crippen LogP contribution in [-0.4, -0.2) is 15.8 Å². The van der Waals surface area contributed by atoms with Gasteiger partial charge in [0.1, 0.15) is 5.69 Å². The van der Waals surface area contributed by atoms with Gasteiger partial charge in [0.15, 0.2) is 5.78 Å². The maximum absolute atomic E-state index is 12.6. The molecule has 0 saturated heterocycles. The minimum absolute atomic E-state index is 0.105. The van der Waals surface area contributed by atoms with Crippen LogP contribution in [0.15, 0.2) is 48.9 Å². The van der Waals surface area contributed by atoms with Crippen LogP contribution < -0.4 is 0 Å². The highest BCUT2D eigenvalue weighted by atomic mass is 16.1. The molecule has 1 heterocycles. The highest BCUT2D eigenvalue weighted by Gasteiger charge is 2.46. The molecule has 0 spiro atoms. The zero-order valence-electron chi connectivity index (χ0n) is 10.0. The summed E-state index contributed by atoms with van der Waals surface area (Å²) in [5.41, 5.74) is 1.21. The van der Waals surface area contributed by atoms with Gasteiger partial charge in [-0.3, -0.25) is 9.78 Å². The fourth-order valence-corrected chi connectivity index (χ4v) is 2.60. The number of aromatic nitrogens is 2. The molecule has 2 aromatic rings. The Morgan fingerprint density at radius 1 is 1.11 bits per heavy atom. The van der Waals surface area contributed by atoms with E-state index in [1.807, 2.05) is 30.3 Å². The first kappa shape index (κ1) is 11.1. The number of nitrogens with zero attached hydrogens (tertiary/aromatic N) is 2. The van der Waals surface area contributed by atoms with E-state index in [0.717, 1.165) is 24.8 Å². The van der Waals surface area contributed by atoms with Gasteiger partial charge in [-0.2, -0.15) is 0 Å². The molecule has 3 nitrogen and oxygen atoms in total. The molecule has 90 valence electrons. The molecule has 0 radical (unpaired) electrons. The van der Waals surface area contributed by atoms with Crippen LogP contribution in [0.5, 0.6) is 0 Å². The summed E-state index contributed by atoms with van der Waals surface area (Å²) in [4.78, 5) is 20.8. The molecule has 0 aliphatic heterocycles. The van der Waals surface area contributed by atoms with Crippen molar-refractivity contribution in [2.75, 3.05) is 0 Å². The average molecular weight is 238 g/mol. The van der Waals surface area contributed by atoms with Gasteiger partial charge in [0.25, 0.3) is 0 Å². The van der Waals surface area contributed by atoms with Crippen LogP contribution >= 0.6 is 0 Å². The van der Waals surface area contributed by atoms with Crippen molar-refractivity contribution in [1.82, 2.24) is 9.97 Å². The molecule has 1 aromatic heterocycles. The molecule has 1 aliphatic carbocycles. The fourth-order valence-electron chi connectivity index (χ4n) is 2.60. The van der Waals surface area contributed by atoms with Crippen LogP contribution in [0.1, 0.15) is 35.3 Å². The molecule has 18 heavy (non-hydrogen) atoms. The van der Waals surface area contributed by atoms with E-state index in [4.69, 9.17) is 0 Å². The van der Waals surface area contributed by atoms with Crippen molar-refractivity contribution < 1.29 is 4.79 Å². The van der Waals surface area contributed by atoms with Crippen LogP contribution in [0.4, 0.5) is 0 Å². The van der Waals surface area contributed by atoms with Gasteiger partial charge in [0.05, 0.1) is 11.6 Å². The molecule has 0 amide bonds. The second-order valence-electron chi connectivity index (χ2n) is 4.72. The fraction of sp³-hybridized carbons (Fsp3) is 0.267. The van der Waals surface area contributed by atoms with Crippen molar-refractivity contribution in [3.8, 4) is 0 Å². The van der Waals surface area contributed by atoms with Gasteiger partial charge in [0, 0.05) is 12.4 Å². The number of hydrogen-bond donors (Lipinski definition) is 0. The van der Waals surface area contributed by atoms with Crippen molar-refractivity contribution in [1.29, 1.82) is 0 Å². The second kappa shape index (κ2) is 4.33. The van der Waals surface area contributed by atoms with Crippen molar-refractivity contribution in [3.63, 3.8) is 0 Å². The molecule has 0 bridgehead atoms. The maximum atomic E-state index is 12.6. The van der Waals surface area contributed by atoms with E-state index in [-0.39, 0.29) is 11.2 Å². The first-order valence-electron chi connectivity index (χ1n) is 6.19. The third-order valence-electron chi connectivity index (χ3n) is 3.76.